The molecule has 1 heterocycles. The Labute approximate surface area is 104 Å². The van der Waals surface area contributed by atoms with Crippen molar-refractivity contribution in [3.05, 3.63) is 0 Å². The number of likely N-dealkylation sites (tertiary alicyclic amines) is 1. The van der Waals surface area contributed by atoms with Crippen LogP contribution >= 0.6 is 0 Å². The smallest absolute Gasteiger partial charge is 0.324 e. The number of carboxylic acids is 1. The first-order valence-electron chi connectivity index (χ1n) is 7.16. The fourth-order valence-corrected chi connectivity index (χ4v) is 3.69. The highest BCUT2D eigenvalue weighted by atomic mass is 16.4. The summed E-state index contributed by atoms with van der Waals surface area (Å²) in [6, 6.07) is 0.514. The van der Waals surface area contributed by atoms with Crippen LogP contribution in [-0.2, 0) is 4.79 Å². The third-order valence-corrected chi connectivity index (χ3v) is 4.59. The van der Waals surface area contributed by atoms with Crippen molar-refractivity contribution in [1.29, 1.82) is 0 Å². The van der Waals surface area contributed by atoms with Crippen molar-refractivity contribution in [2.45, 2.75) is 70.4 Å². The van der Waals surface area contributed by atoms with Gasteiger partial charge in [-0.25, -0.2) is 0 Å². The van der Waals surface area contributed by atoms with Crippen LogP contribution in [0.3, 0.4) is 0 Å². The average Bonchev–Trinajstić information content (AvgIpc) is 3.03. The standard InChI is InChI=1S/C14H25NO2/c1-3-8-14(13(16)17)9-5-10-15(14)12(4-2)11-6-7-11/h11-12H,3-10H2,1-2H3,(H,16,17). The van der Waals surface area contributed by atoms with Crippen molar-refractivity contribution in [3.8, 4) is 0 Å². The van der Waals surface area contributed by atoms with E-state index in [2.05, 4.69) is 18.7 Å². The topological polar surface area (TPSA) is 40.5 Å². The Morgan fingerprint density at radius 2 is 2.18 bits per heavy atom. The first-order chi connectivity index (χ1) is 8.15. The maximum atomic E-state index is 11.7. The lowest BCUT2D eigenvalue weighted by Gasteiger charge is -2.40. The molecule has 2 fully saturated rings. The van der Waals surface area contributed by atoms with Gasteiger partial charge in [0.1, 0.15) is 5.54 Å². The molecular weight excluding hydrogens is 214 g/mol. The second kappa shape index (κ2) is 4.97. The zero-order valence-corrected chi connectivity index (χ0v) is 11.1. The number of rotatable bonds is 6. The van der Waals surface area contributed by atoms with Crippen molar-refractivity contribution in [2.75, 3.05) is 6.54 Å². The minimum atomic E-state index is -0.587. The number of nitrogens with zero attached hydrogens (tertiary/aromatic N) is 1. The average molecular weight is 239 g/mol. The largest absolute Gasteiger partial charge is 0.480 e. The highest BCUT2D eigenvalue weighted by Gasteiger charge is 2.51. The molecule has 0 spiro atoms. The zero-order chi connectivity index (χ0) is 12.5. The molecule has 0 aromatic carbocycles. The van der Waals surface area contributed by atoms with Crippen LogP contribution in [-0.4, -0.2) is 34.1 Å². The van der Waals surface area contributed by atoms with Gasteiger partial charge >= 0.3 is 5.97 Å². The Bertz CT molecular complexity index is 288. The van der Waals surface area contributed by atoms with Gasteiger partial charge in [-0.15, -0.1) is 0 Å². The maximum Gasteiger partial charge on any atom is 0.324 e. The summed E-state index contributed by atoms with van der Waals surface area (Å²) in [7, 11) is 0. The van der Waals surface area contributed by atoms with Crippen LogP contribution in [0.15, 0.2) is 0 Å². The van der Waals surface area contributed by atoms with Gasteiger partial charge in [0.15, 0.2) is 0 Å². The molecular formula is C14H25NO2. The van der Waals surface area contributed by atoms with Gasteiger partial charge in [0.2, 0.25) is 0 Å². The summed E-state index contributed by atoms with van der Waals surface area (Å²) in [5.41, 5.74) is -0.544. The molecule has 1 aliphatic carbocycles. The van der Waals surface area contributed by atoms with E-state index in [0.717, 1.165) is 44.6 Å². The van der Waals surface area contributed by atoms with Crippen molar-refractivity contribution < 1.29 is 9.90 Å². The van der Waals surface area contributed by atoms with E-state index < -0.39 is 11.5 Å². The fraction of sp³-hybridized carbons (Fsp3) is 0.929. The van der Waals surface area contributed by atoms with E-state index in [1.54, 1.807) is 0 Å². The minimum Gasteiger partial charge on any atom is -0.480 e. The van der Waals surface area contributed by atoms with Gasteiger partial charge in [-0.05, 0) is 51.0 Å². The summed E-state index contributed by atoms with van der Waals surface area (Å²) in [6.45, 7) is 5.29. The second-order valence-corrected chi connectivity index (χ2v) is 5.70. The molecule has 0 aromatic rings. The summed E-state index contributed by atoms with van der Waals surface area (Å²) in [5.74, 6) is 0.185. The molecule has 3 nitrogen and oxygen atoms in total. The van der Waals surface area contributed by atoms with Crippen molar-refractivity contribution in [2.24, 2.45) is 5.92 Å². The summed E-state index contributed by atoms with van der Waals surface area (Å²) in [5, 5.41) is 9.67. The molecule has 0 bridgehead atoms. The highest BCUT2D eigenvalue weighted by Crippen LogP contribution is 2.44. The minimum absolute atomic E-state index is 0.514. The molecule has 0 amide bonds. The Morgan fingerprint density at radius 3 is 2.65 bits per heavy atom. The molecule has 2 atom stereocenters. The van der Waals surface area contributed by atoms with E-state index in [0.29, 0.717) is 6.04 Å². The molecule has 0 aromatic heterocycles. The van der Waals surface area contributed by atoms with Gasteiger partial charge in [0.25, 0.3) is 0 Å². The van der Waals surface area contributed by atoms with Crippen molar-refractivity contribution >= 4 is 5.97 Å². The summed E-state index contributed by atoms with van der Waals surface area (Å²) in [4.78, 5) is 14.1. The van der Waals surface area contributed by atoms with E-state index in [4.69, 9.17) is 0 Å². The number of carbonyl (C=O) groups is 1. The highest BCUT2D eigenvalue weighted by molar-refractivity contribution is 5.79. The molecule has 2 unspecified atom stereocenters. The molecule has 98 valence electrons. The second-order valence-electron chi connectivity index (χ2n) is 5.70. The van der Waals surface area contributed by atoms with E-state index in [1.807, 2.05) is 0 Å². The molecule has 0 radical (unpaired) electrons. The Hall–Kier alpha value is -0.570. The van der Waals surface area contributed by atoms with Gasteiger partial charge < -0.3 is 5.11 Å². The zero-order valence-electron chi connectivity index (χ0n) is 11.1. The molecule has 1 N–H and O–H groups in total. The predicted octanol–water partition coefficient (Wildman–Crippen LogP) is 2.89. The lowest BCUT2D eigenvalue weighted by Crippen LogP contribution is -2.55. The molecule has 1 aliphatic heterocycles. The quantitative estimate of drug-likeness (QED) is 0.774. The first kappa shape index (κ1) is 12.9. The van der Waals surface area contributed by atoms with Gasteiger partial charge in [0.05, 0.1) is 0 Å². The molecule has 1 saturated carbocycles. The summed E-state index contributed by atoms with van der Waals surface area (Å²) in [6.07, 6.45) is 7.38. The van der Waals surface area contributed by atoms with E-state index in [-0.39, 0.29) is 0 Å². The van der Waals surface area contributed by atoms with Crippen molar-refractivity contribution in [3.63, 3.8) is 0 Å². The van der Waals surface area contributed by atoms with Crippen LogP contribution in [0.4, 0.5) is 0 Å². The molecule has 17 heavy (non-hydrogen) atoms. The lowest BCUT2D eigenvalue weighted by molar-refractivity contribution is -0.152. The molecule has 1 saturated heterocycles. The van der Waals surface area contributed by atoms with Crippen LogP contribution < -0.4 is 0 Å². The third-order valence-electron chi connectivity index (χ3n) is 4.59. The summed E-state index contributed by atoms with van der Waals surface area (Å²) >= 11 is 0. The fourth-order valence-electron chi connectivity index (χ4n) is 3.69. The predicted molar refractivity (Wildman–Crippen MR) is 68.0 cm³/mol. The Balaban J connectivity index is 2.20. The van der Waals surface area contributed by atoms with Crippen molar-refractivity contribution in [1.82, 2.24) is 4.90 Å². The molecule has 2 aliphatic rings. The van der Waals surface area contributed by atoms with Gasteiger partial charge in [-0.1, -0.05) is 20.3 Å². The number of aliphatic carboxylic acids is 1. The normalized spacial score (nSPS) is 31.6. The van der Waals surface area contributed by atoms with Crippen LogP contribution in [0.5, 0.6) is 0 Å². The van der Waals surface area contributed by atoms with Crippen LogP contribution in [0.2, 0.25) is 0 Å². The monoisotopic (exact) mass is 239 g/mol. The number of carboxylic acid groups (broad SMARTS) is 1. The number of hydrogen-bond acceptors (Lipinski definition) is 2. The van der Waals surface area contributed by atoms with Gasteiger partial charge in [-0.2, -0.15) is 0 Å². The van der Waals surface area contributed by atoms with Crippen LogP contribution in [0.1, 0.15) is 58.8 Å². The Morgan fingerprint density at radius 1 is 1.47 bits per heavy atom. The van der Waals surface area contributed by atoms with Crippen LogP contribution in [0, 0.1) is 5.92 Å². The van der Waals surface area contributed by atoms with E-state index in [1.165, 1.54) is 12.8 Å². The van der Waals surface area contributed by atoms with Gasteiger partial charge in [-0.3, -0.25) is 9.69 Å². The first-order valence-corrected chi connectivity index (χ1v) is 7.16. The lowest BCUT2D eigenvalue weighted by atomic mass is 9.88. The van der Waals surface area contributed by atoms with Gasteiger partial charge in [0, 0.05) is 6.04 Å². The van der Waals surface area contributed by atoms with E-state index in [9.17, 15) is 9.90 Å². The summed E-state index contributed by atoms with van der Waals surface area (Å²) < 4.78 is 0. The third kappa shape index (κ3) is 2.22. The van der Waals surface area contributed by atoms with Crippen LogP contribution in [0.25, 0.3) is 0 Å². The van der Waals surface area contributed by atoms with E-state index >= 15 is 0 Å². The Kier molecular flexibility index (Phi) is 3.76. The molecule has 3 heteroatoms. The molecule has 2 rings (SSSR count). The SMILES string of the molecule is CCCC1(C(=O)O)CCCN1C(CC)C1CC1. The maximum absolute atomic E-state index is 11.7. The number of hydrogen-bond donors (Lipinski definition) is 1.